The predicted molar refractivity (Wildman–Crippen MR) is 219 cm³/mol. The van der Waals surface area contributed by atoms with Crippen LogP contribution in [-0.4, -0.2) is 101 Å². The monoisotopic (exact) mass is 825 g/mol. The number of ether oxygens (including phenoxy) is 5. The van der Waals surface area contributed by atoms with Crippen LogP contribution in [0.5, 0.6) is 0 Å². The first-order chi connectivity index (χ1) is 27.4. The average Bonchev–Trinajstić information content (AvgIpc) is 3.13. The van der Waals surface area contributed by atoms with E-state index >= 15 is 0 Å². The van der Waals surface area contributed by atoms with E-state index < -0.39 is 63.8 Å². The Kier molecular flexibility index (Phi) is 16.2. The number of allylic oxidation sites excluding steroid dienone is 1. The lowest BCUT2D eigenvalue weighted by atomic mass is 9.45. The second-order valence-electron chi connectivity index (χ2n) is 17.2. The van der Waals surface area contributed by atoms with Gasteiger partial charge in [-0.25, -0.2) is 9.59 Å². The number of ketones is 1. The van der Waals surface area contributed by atoms with Crippen molar-refractivity contribution in [3.8, 4) is 0 Å². The first-order valence-corrected chi connectivity index (χ1v) is 19.8. The SMILES string of the molecule is CC(C)(C)OC(N)=O.COC1C(=O)C2(C)C(OC)CC3OCC3C2(OC(C)=O)CC2(O)CCC(C)=C1C2(C)C.O=C(O)CCc1ccccc1.O=C(O)c1ccccc1. The second kappa shape index (κ2) is 19.6. The quantitative estimate of drug-likeness (QED) is 0.172. The Hall–Kier alpha value is -4.63. The summed E-state index contributed by atoms with van der Waals surface area (Å²) in [5.74, 6) is -2.44. The standard InChI is InChI=1S/C24H36O7.C9H10O2.C7H6O2.C5H11NO2/c1-13-8-9-23(27)12-24(31-14(2)25)15-11-30-16(15)10-17(28-6)22(24,5)20(26)19(29-7)18(13)21(23,3)4;10-9(11)7-6-8-4-2-1-3-5-8;8-7(9)6-4-2-1-3-5-6;1-5(2,3)8-4(6)7/h15-17,19,27H,8-12H2,1-7H3;1-5H,6-7H2,(H,10,11);1-5H,(H,8,9);1-3H3,(H2,6,7). The van der Waals surface area contributed by atoms with Gasteiger partial charge < -0.3 is 44.7 Å². The molecule has 59 heavy (non-hydrogen) atoms. The van der Waals surface area contributed by atoms with Crippen molar-refractivity contribution in [1.29, 1.82) is 0 Å². The molecule has 1 saturated heterocycles. The van der Waals surface area contributed by atoms with Gasteiger partial charge in [0.1, 0.15) is 17.3 Å². The fourth-order valence-electron chi connectivity index (χ4n) is 8.92. The first-order valence-electron chi connectivity index (χ1n) is 19.8. The molecule has 7 atom stereocenters. The van der Waals surface area contributed by atoms with E-state index in [0.29, 0.717) is 37.9 Å². The lowest BCUT2D eigenvalue weighted by Crippen LogP contribution is -2.78. The van der Waals surface area contributed by atoms with Crippen molar-refractivity contribution in [2.24, 2.45) is 22.5 Å². The third kappa shape index (κ3) is 11.0. The molecule has 1 heterocycles. The molecule has 14 nitrogen and oxygen atoms in total. The number of hydrogen-bond acceptors (Lipinski definition) is 11. The topological polar surface area (TPSA) is 218 Å². The molecule has 3 fully saturated rings. The highest BCUT2D eigenvalue weighted by atomic mass is 16.6. The maximum Gasteiger partial charge on any atom is 0.405 e. The van der Waals surface area contributed by atoms with Gasteiger partial charge in [0.05, 0.1) is 35.4 Å². The zero-order valence-corrected chi connectivity index (χ0v) is 36.0. The first kappa shape index (κ1) is 48.7. The van der Waals surface area contributed by atoms with E-state index in [1.807, 2.05) is 58.0 Å². The van der Waals surface area contributed by atoms with Crippen molar-refractivity contribution in [3.63, 3.8) is 0 Å². The Balaban J connectivity index is 0.000000269. The van der Waals surface area contributed by atoms with Crippen LogP contribution >= 0.6 is 0 Å². The van der Waals surface area contributed by atoms with Gasteiger partial charge >= 0.3 is 24.0 Å². The predicted octanol–water partition coefficient (Wildman–Crippen LogP) is 6.55. The van der Waals surface area contributed by atoms with Crippen molar-refractivity contribution in [2.45, 2.75) is 129 Å². The van der Waals surface area contributed by atoms with Crippen LogP contribution in [0.15, 0.2) is 71.8 Å². The third-order valence-electron chi connectivity index (χ3n) is 12.0. The minimum absolute atomic E-state index is 0.153. The highest BCUT2D eigenvalue weighted by molar-refractivity contribution is 5.94. The van der Waals surface area contributed by atoms with E-state index in [0.717, 1.165) is 16.7 Å². The van der Waals surface area contributed by atoms with Crippen molar-refractivity contribution >= 4 is 29.8 Å². The number of methoxy groups -OCH3 is 2. The van der Waals surface area contributed by atoms with Gasteiger partial charge in [0.2, 0.25) is 0 Å². The van der Waals surface area contributed by atoms with Crippen LogP contribution in [0.4, 0.5) is 4.79 Å². The Bertz CT molecular complexity index is 1820. The van der Waals surface area contributed by atoms with E-state index in [1.54, 1.807) is 58.2 Å². The highest BCUT2D eigenvalue weighted by Gasteiger charge is 2.75. The lowest BCUT2D eigenvalue weighted by molar-refractivity contribution is -0.313. The van der Waals surface area contributed by atoms with Gasteiger partial charge in [-0.3, -0.25) is 14.4 Å². The molecular weight excluding hydrogens is 762 g/mol. The molecule has 4 aliphatic rings. The number of primary amides is 1. The van der Waals surface area contributed by atoms with Crippen LogP contribution < -0.4 is 5.73 Å². The number of carbonyl (C=O) groups excluding carboxylic acids is 3. The zero-order valence-electron chi connectivity index (χ0n) is 36.0. The average molecular weight is 826 g/mol. The minimum Gasteiger partial charge on any atom is -0.481 e. The molecule has 0 aromatic heterocycles. The summed E-state index contributed by atoms with van der Waals surface area (Å²) in [5, 5.41) is 29.0. The van der Waals surface area contributed by atoms with E-state index in [9.17, 15) is 29.1 Å². The number of esters is 1. The zero-order chi connectivity index (χ0) is 44.6. The lowest BCUT2D eigenvalue weighted by Gasteiger charge is -2.67. The number of aromatic carboxylic acids is 1. The Labute approximate surface area is 347 Å². The Morgan fingerprint density at radius 3 is 1.92 bits per heavy atom. The van der Waals surface area contributed by atoms with Crippen molar-refractivity contribution in [2.75, 3.05) is 20.8 Å². The van der Waals surface area contributed by atoms with Gasteiger partial charge in [-0.1, -0.05) is 68.0 Å². The van der Waals surface area contributed by atoms with Crippen LogP contribution in [0.2, 0.25) is 0 Å². The van der Waals surface area contributed by atoms with Gasteiger partial charge in [0.15, 0.2) is 5.78 Å². The molecule has 1 amide bonds. The fourth-order valence-corrected chi connectivity index (χ4v) is 8.92. The Morgan fingerprint density at radius 2 is 1.51 bits per heavy atom. The summed E-state index contributed by atoms with van der Waals surface area (Å²) in [6, 6.07) is 17.9. The summed E-state index contributed by atoms with van der Waals surface area (Å²) < 4.78 is 28.3. The van der Waals surface area contributed by atoms with Gasteiger partial charge in [-0.15, -0.1) is 0 Å². The summed E-state index contributed by atoms with van der Waals surface area (Å²) in [4.78, 5) is 57.3. The summed E-state index contributed by atoms with van der Waals surface area (Å²) in [6.07, 6.45) is 0.412. The third-order valence-corrected chi connectivity index (χ3v) is 12.0. The molecule has 2 aromatic carbocycles. The number of aryl methyl sites for hydroxylation is 1. The maximum atomic E-state index is 14.4. The van der Waals surface area contributed by atoms with Gasteiger partial charge in [-0.05, 0) is 77.2 Å². The molecule has 5 N–H and O–H groups in total. The number of hydrogen-bond donors (Lipinski definition) is 4. The van der Waals surface area contributed by atoms with Crippen molar-refractivity contribution < 1.29 is 63.0 Å². The normalized spacial score (nSPS) is 28.9. The van der Waals surface area contributed by atoms with Crippen LogP contribution in [0.3, 0.4) is 0 Å². The minimum atomic E-state index is -1.25. The smallest absolute Gasteiger partial charge is 0.405 e. The molecule has 2 bridgehead atoms. The van der Waals surface area contributed by atoms with E-state index in [2.05, 4.69) is 4.74 Å². The number of amides is 1. The molecule has 1 aliphatic heterocycles. The molecule has 0 spiro atoms. The number of carboxylic acids is 2. The van der Waals surface area contributed by atoms with Gasteiger partial charge in [-0.2, -0.15) is 0 Å². The number of carboxylic acid groups (broad SMARTS) is 2. The van der Waals surface area contributed by atoms with Crippen molar-refractivity contribution in [3.05, 3.63) is 82.9 Å². The summed E-state index contributed by atoms with van der Waals surface area (Å²) >= 11 is 0. The van der Waals surface area contributed by atoms with Crippen LogP contribution in [0.1, 0.15) is 103 Å². The number of carbonyl (C=O) groups is 5. The molecule has 2 saturated carbocycles. The largest absolute Gasteiger partial charge is 0.481 e. The molecule has 7 unspecified atom stereocenters. The number of rotatable bonds is 7. The summed E-state index contributed by atoms with van der Waals surface area (Å²) in [6.45, 7) is 14.8. The Morgan fingerprint density at radius 1 is 0.932 bits per heavy atom. The summed E-state index contributed by atoms with van der Waals surface area (Å²) in [5.41, 5.74) is 3.21. The summed E-state index contributed by atoms with van der Waals surface area (Å²) in [7, 11) is 3.11. The molecule has 326 valence electrons. The number of fused-ring (bicyclic) bond motifs is 5. The van der Waals surface area contributed by atoms with Gasteiger partial charge in [0.25, 0.3) is 0 Å². The van der Waals surface area contributed by atoms with E-state index in [-0.39, 0.29) is 30.6 Å². The number of Topliss-reactive ketones (excluding diaryl/α,β-unsaturated/α-hetero) is 1. The molecule has 3 aliphatic carbocycles. The van der Waals surface area contributed by atoms with Crippen LogP contribution in [-0.2, 0) is 44.5 Å². The molecular formula is C45H63NO13. The van der Waals surface area contributed by atoms with E-state index in [1.165, 1.54) is 14.0 Å². The molecule has 0 radical (unpaired) electrons. The number of benzene rings is 2. The van der Waals surface area contributed by atoms with Crippen LogP contribution in [0, 0.1) is 16.7 Å². The molecule has 6 rings (SSSR count). The second-order valence-corrected chi connectivity index (χ2v) is 17.2. The van der Waals surface area contributed by atoms with E-state index in [4.69, 9.17) is 34.9 Å². The maximum absolute atomic E-state index is 14.4. The van der Waals surface area contributed by atoms with Crippen molar-refractivity contribution in [1.82, 2.24) is 0 Å². The molecule has 14 heteroatoms. The number of aliphatic hydroxyl groups is 1. The number of aliphatic carboxylic acids is 1. The highest BCUT2D eigenvalue weighted by Crippen LogP contribution is 2.64. The molecule has 2 aromatic rings. The van der Waals surface area contributed by atoms with Crippen LogP contribution in [0.25, 0.3) is 0 Å². The van der Waals surface area contributed by atoms with Gasteiger partial charge in [0, 0.05) is 51.7 Å². The number of nitrogens with two attached hydrogens (primary N) is 1. The fraction of sp³-hybridized carbons (Fsp3) is 0.578.